The number of aryl methyl sites for hydroxylation is 2. The first-order valence-electron chi connectivity index (χ1n) is 6.76. The number of rotatable bonds is 4. The molecule has 21 heavy (non-hydrogen) atoms. The van der Waals surface area contributed by atoms with Crippen molar-refractivity contribution in [2.75, 3.05) is 6.54 Å². The molecule has 2 N–H and O–H groups in total. The molecule has 2 rings (SSSR count). The third-order valence-corrected chi connectivity index (χ3v) is 3.20. The van der Waals surface area contributed by atoms with Gasteiger partial charge in [-0.2, -0.15) is 0 Å². The fourth-order valence-electron chi connectivity index (χ4n) is 2.25. The van der Waals surface area contributed by atoms with Crippen molar-refractivity contribution in [2.24, 2.45) is 0 Å². The number of amides is 1. The zero-order valence-corrected chi connectivity index (χ0v) is 12.1. The Kier molecular flexibility index (Phi) is 4.70. The van der Waals surface area contributed by atoms with E-state index in [1.807, 2.05) is 19.9 Å². The van der Waals surface area contributed by atoms with E-state index in [0.29, 0.717) is 5.56 Å². The van der Waals surface area contributed by atoms with Crippen LogP contribution in [0.5, 0.6) is 0 Å². The molecule has 0 aliphatic carbocycles. The zero-order chi connectivity index (χ0) is 15.4. The first-order chi connectivity index (χ1) is 9.97. The van der Waals surface area contributed by atoms with Gasteiger partial charge in [0.2, 0.25) is 0 Å². The summed E-state index contributed by atoms with van der Waals surface area (Å²) in [5.41, 5.74) is 2.70. The van der Waals surface area contributed by atoms with Crippen LogP contribution in [-0.2, 0) is 0 Å². The minimum atomic E-state index is -1.07. The lowest BCUT2D eigenvalue weighted by molar-refractivity contribution is 0.0914. The molecule has 0 aliphatic rings. The number of aliphatic hydroxyl groups is 1. The van der Waals surface area contributed by atoms with Crippen LogP contribution in [0.25, 0.3) is 0 Å². The highest BCUT2D eigenvalue weighted by Crippen LogP contribution is 2.16. The fourth-order valence-corrected chi connectivity index (χ4v) is 2.25. The van der Waals surface area contributed by atoms with E-state index < -0.39 is 11.9 Å². The normalized spacial score (nSPS) is 12.0. The summed E-state index contributed by atoms with van der Waals surface area (Å²) in [6, 6.07) is 11.5. The summed E-state index contributed by atoms with van der Waals surface area (Å²) in [6.45, 7) is 3.79. The predicted molar refractivity (Wildman–Crippen MR) is 79.6 cm³/mol. The van der Waals surface area contributed by atoms with Crippen molar-refractivity contribution < 1.29 is 14.3 Å². The SMILES string of the molecule is Cc1cc(C)cc(C(=O)NCC(O)c2ccccc2F)c1. The predicted octanol–water partition coefficient (Wildman–Crippen LogP) is 2.91. The van der Waals surface area contributed by atoms with Gasteiger partial charge in [-0.05, 0) is 32.0 Å². The molecule has 0 saturated heterocycles. The highest BCUT2D eigenvalue weighted by Gasteiger charge is 2.14. The lowest BCUT2D eigenvalue weighted by atomic mass is 10.1. The second kappa shape index (κ2) is 6.50. The van der Waals surface area contributed by atoms with Crippen molar-refractivity contribution in [2.45, 2.75) is 20.0 Å². The Hall–Kier alpha value is -2.20. The largest absolute Gasteiger partial charge is 0.386 e. The van der Waals surface area contributed by atoms with Crippen LogP contribution < -0.4 is 5.32 Å². The van der Waals surface area contributed by atoms with Crippen molar-refractivity contribution in [3.8, 4) is 0 Å². The third-order valence-electron chi connectivity index (χ3n) is 3.20. The molecule has 0 saturated carbocycles. The Morgan fingerprint density at radius 2 is 1.81 bits per heavy atom. The molecule has 0 bridgehead atoms. The van der Waals surface area contributed by atoms with Gasteiger partial charge in [-0.1, -0.05) is 35.4 Å². The van der Waals surface area contributed by atoms with Crippen LogP contribution in [0, 0.1) is 19.7 Å². The molecule has 2 aromatic carbocycles. The molecular formula is C17H18FNO2. The molecule has 0 heterocycles. The van der Waals surface area contributed by atoms with Gasteiger partial charge in [-0.15, -0.1) is 0 Å². The molecule has 0 aliphatic heterocycles. The van der Waals surface area contributed by atoms with Crippen molar-refractivity contribution in [1.82, 2.24) is 5.32 Å². The Labute approximate surface area is 123 Å². The average Bonchev–Trinajstić information content (AvgIpc) is 2.43. The number of hydrogen-bond donors (Lipinski definition) is 2. The number of carbonyl (C=O) groups is 1. The molecule has 0 radical (unpaired) electrons. The van der Waals surface area contributed by atoms with Crippen LogP contribution in [0.1, 0.15) is 33.2 Å². The third kappa shape index (κ3) is 3.89. The van der Waals surface area contributed by atoms with Gasteiger partial charge in [-0.3, -0.25) is 4.79 Å². The van der Waals surface area contributed by atoms with Gasteiger partial charge in [0.1, 0.15) is 5.82 Å². The topological polar surface area (TPSA) is 49.3 Å². The quantitative estimate of drug-likeness (QED) is 0.908. The van der Waals surface area contributed by atoms with Gasteiger partial charge in [0.25, 0.3) is 5.91 Å². The molecule has 110 valence electrons. The molecule has 0 aromatic heterocycles. The second-order valence-electron chi connectivity index (χ2n) is 5.12. The maximum Gasteiger partial charge on any atom is 0.251 e. The summed E-state index contributed by atoms with van der Waals surface area (Å²) in [4.78, 5) is 12.1. The standard InChI is InChI=1S/C17H18FNO2/c1-11-7-12(2)9-13(8-11)17(21)19-10-16(20)14-5-3-4-6-15(14)18/h3-9,16,20H,10H2,1-2H3,(H,19,21). The maximum absolute atomic E-state index is 13.5. The van der Waals surface area contributed by atoms with Crippen LogP contribution in [-0.4, -0.2) is 17.6 Å². The molecule has 0 spiro atoms. The van der Waals surface area contributed by atoms with E-state index in [1.165, 1.54) is 12.1 Å². The van der Waals surface area contributed by atoms with Crippen molar-refractivity contribution in [1.29, 1.82) is 0 Å². The molecule has 0 fully saturated rings. The van der Waals surface area contributed by atoms with E-state index >= 15 is 0 Å². The number of halogens is 1. The van der Waals surface area contributed by atoms with Gasteiger partial charge in [-0.25, -0.2) is 4.39 Å². The molecule has 3 nitrogen and oxygen atoms in total. The molecule has 2 aromatic rings. The minimum absolute atomic E-state index is 0.0350. The first kappa shape index (κ1) is 15.2. The van der Waals surface area contributed by atoms with Gasteiger partial charge < -0.3 is 10.4 Å². The van der Waals surface area contributed by atoms with E-state index in [9.17, 15) is 14.3 Å². The summed E-state index contributed by atoms with van der Waals surface area (Å²) in [6.07, 6.45) is -1.07. The fraction of sp³-hybridized carbons (Fsp3) is 0.235. The van der Waals surface area contributed by atoms with E-state index in [1.54, 1.807) is 24.3 Å². The minimum Gasteiger partial charge on any atom is -0.386 e. The van der Waals surface area contributed by atoms with E-state index in [0.717, 1.165) is 11.1 Å². The number of carbonyl (C=O) groups excluding carboxylic acids is 1. The smallest absolute Gasteiger partial charge is 0.251 e. The van der Waals surface area contributed by atoms with E-state index in [-0.39, 0.29) is 18.0 Å². The van der Waals surface area contributed by atoms with Crippen LogP contribution in [0.2, 0.25) is 0 Å². The monoisotopic (exact) mass is 287 g/mol. The summed E-state index contributed by atoms with van der Waals surface area (Å²) in [5.74, 6) is -0.761. The highest BCUT2D eigenvalue weighted by molar-refractivity contribution is 5.94. The number of nitrogens with one attached hydrogen (secondary N) is 1. The zero-order valence-electron chi connectivity index (χ0n) is 12.1. The van der Waals surface area contributed by atoms with Crippen molar-refractivity contribution >= 4 is 5.91 Å². The second-order valence-corrected chi connectivity index (χ2v) is 5.12. The maximum atomic E-state index is 13.5. The molecular weight excluding hydrogens is 269 g/mol. The summed E-state index contributed by atoms with van der Waals surface area (Å²) in [5, 5.41) is 12.6. The Morgan fingerprint density at radius 3 is 2.43 bits per heavy atom. The van der Waals surface area contributed by atoms with Gasteiger partial charge in [0, 0.05) is 17.7 Å². The van der Waals surface area contributed by atoms with Gasteiger partial charge in [0.05, 0.1) is 6.10 Å². The van der Waals surface area contributed by atoms with Crippen molar-refractivity contribution in [3.63, 3.8) is 0 Å². The number of aliphatic hydroxyl groups excluding tert-OH is 1. The Bertz CT molecular complexity index is 635. The van der Waals surface area contributed by atoms with Gasteiger partial charge >= 0.3 is 0 Å². The van der Waals surface area contributed by atoms with Crippen LogP contribution in [0.3, 0.4) is 0 Å². The van der Waals surface area contributed by atoms with E-state index in [4.69, 9.17) is 0 Å². The highest BCUT2D eigenvalue weighted by atomic mass is 19.1. The lowest BCUT2D eigenvalue weighted by Crippen LogP contribution is -2.28. The molecule has 4 heteroatoms. The van der Waals surface area contributed by atoms with Crippen LogP contribution in [0.15, 0.2) is 42.5 Å². The summed E-state index contributed by atoms with van der Waals surface area (Å²) >= 11 is 0. The molecule has 1 amide bonds. The molecule has 1 atom stereocenters. The Balaban J connectivity index is 2.02. The Morgan fingerprint density at radius 1 is 1.19 bits per heavy atom. The number of hydrogen-bond acceptors (Lipinski definition) is 2. The average molecular weight is 287 g/mol. The summed E-state index contributed by atoms with van der Waals surface area (Å²) in [7, 11) is 0. The molecule has 1 unspecified atom stereocenters. The lowest BCUT2D eigenvalue weighted by Gasteiger charge is -2.13. The first-order valence-corrected chi connectivity index (χ1v) is 6.76. The number of benzene rings is 2. The van der Waals surface area contributed by atoms with Crippen LogP contribution >= 0.6 is 0 Å². The summed E-state index contributed by atoms with van der Waals surface area (Å²) < 4.78 is 13.5. The van der Waals surface area contributed by atoms with E-state index in [2.05, 4.69) is 5.32 Å². The van der Waals surface area contributed by atoms with Gasteiger partial charge in [0.15, 0.2) is 0 Å². The van der Waals surface area contributed by atoms with Crippen molar-refractivity contribution in [3.05, 3.63) is 70.5 Å². The van der Waals surface area contributed by atoms with Crippen LogP contribution in [0.4, 0.5) is 4.39 Å².